The smallest absolute Gasteiger partial charge is 0.244 e. The van der Waals surface area contributed by atoms with Gasteiger partial charge in [-0.3, -0.25) is 4.79 Å². The van der Waals surface area contributed by atoms with Crippen LogP contribution in [0.15, 0.2) is 12.2 Å². The van der Waals surface area contributed by atoms with Gasteiger partial charge in [0, 0.05) is 18.8 Å². The zero-order chi connectivity index (χ0) is 34.0. The third kappa shape index (κ3) is 45.3. The monoisotopic (exact) mass is 650 g/mol. The second-order valence-electron chi connectivity index (χ2n) is 14.3. The van der Waals surface area contributed by atoms with Crippen molar-refractivity contribution in [3.8, 4) is 0 Å². The van der Waals surface area contributed by atoms with Crippen molar-refractivity contribution in [1.82, 2.24) is 0 Å². The number of hydrogen-bond acceptors (Lipinski definition) is 2. The Balaban J connectivity index is 0. The number of hydrogen-bond donors (Lipinski definition) is 1. The Morgan fingerprint density at radius 1 is 0.391 bits per heavy atom. The van der Waals surface area contributed by atoms with Gasteiger partial charge in [0.25, 0.3) is 0 Å². The van der Waals surface area contributed by atoms with Gasteiger partial charge in [-0.05, 0) is 25.7 Å². The van der Waals surface area contributed by atoms with E-state index in [1.54, 1.807) is 0 Å². The number of unbranched alkanes of at least 4 members (excludes halogenated alkanes) is 31. The zero-order valence-corrected chi connectivity index (χ0v) is 32.3. The molecule has 0 atom stereocenters. The van der Waals surface area contributed by atoms with E-state index in [2.05, 4.69) is 27.4 Å². The van der Waals surface area contributed by atoms with E-state index in [1.807, 2.05) is 0 Å². The van der Waals surface area contributed by atoms with Gasteiger partial charge in [0.05, 0.1) is 0 Å². The lowest BCUT2D eigenvalue weighted by atomic mass is 10.0. The van der Waals surface area contributed by atoms with Gasteiger partial charge >= 0.3 is 0 Å². The third-order valence-electron chi connectivity index (χ3n) is 9.47. The summed E-state index contributed by atoms with van der Waals surface area (Å²) in [4.78, 5) is 10.6. The van der Waals surface area contributed by atoms with Crippen LogP contribution in [-0.2, 0) is 9.53 Å². The first-order valence-corrected chi connectivity index (χ1v) is 21.1. The molecule has 0 saturated carbocycles. The van der Waals surface area contributed by atoms with Gasteiger partial charge < -0.3 is 10.5 Å². The highest BCUT2D eigenvalue weighted by Gasteiger charge is 2.00. The Bertz CT molecular complexity index is 545. The molecule has 0 spiro atoms. The van der Waals surface area contributed by atoms with Crippen molar-refractivity contribution in [1.29, 1.82) is 0 Å². The Labute approximate surface area is 291 Å². The third-order valence-corrected chi connectivity index (χ3v) is 9.47. The molecule has 2 N–H and O–H groups in total. The van der Waals surface area contributed by atoms with E-state index in [0.29, 0.717) is 5.57 Å². The molecule has 0 aliphatic rings. The molecule has 0 radical (unpaired) electrons. The van der Waals surface area contributed by atoms with E-state index < -0.39 is 0 Å². The summed E-state index contributed by atoms with van der Waals surface area (Å²) in [6.07, 6.45) is 48.2. The van der Waals surface area contributed by atoms with Crippen LogP contribution in [-0.4, -0.2) is 19.1 Å². The Kier molecular flexibility index (Phi) is 45.4. The zero-order valence-electron chi connectivity index (χ0n) is 32.3. The topological polar surface area (TPSA) is 52.3 Å². The Morgan fingerprint density at radius 3 is 0.848 bits per heavy atom. The lowest BCUT2D eigenvalue weighted by Gasteiger charge is -2.05. The molecule has 0 aromatic carbocycles. The average Bonchev–Trinajstić information content (AvgIpc) is 3.05. The van der Waals surface area contributed by atoms with Gasteiger partial charge in [0.1, 0.15) is 0 Å². The van der Waals surface area contributed by atoms with E-state index in [1.165, 1.54) is 212 Å². The summed E-state index contributed by atoms with van der Waals surface area (Å²) in [5, 5.41) is 0. The summed E-state index contributed by atoms with van der Waals surface area (Å²) >= 11 is 0. The lowest BCUT2D eigenvalue weighted by Crippen LogP contribution is -2.12. The fourth-order valence-corrected chi connectivity index (χ4v) is 6.14. The molecule has 46 heavy (non-hydrogen) atoms. The van der Waals surface area contributed by atoms with Crippen molar-refractivity contribution in [3.63, 3.8) is 0 Å². The minimum absolute atomic E-state index is 0.353. The predicted molar refractivity (Wildman–Crippen MR) is 208 cm³/mol. The molecular weight excluding hydrogens is 562 g/mol. The maximum absolute atomic E-state index is 10.6. The van der Waals surface area contributed by atoms with Crippen molar-refractivity contribution in [2.45, 2.75) is 245 Å². The second kappa shape index (κ2) is 44.2. The van der Waals surface area contributed by atoms with Crippen LogP contribution < -0.4 is 5.73 Å². The molecule has 0 aliphatic heterocycles. The molecule has 1 amide bonds. The van der Waals surface area contributed by atoms with Gasteiger partial charge in [-0.1, -0.05) is 226 Å². The van der Waals surface area contributed by atoms with E-state index in [0.717, 1.165) is 26.1 Å². The number of nitrogens with two attached hydrogens (primary N) is 1. The van der Waals surface area contributed by atoms with Crippen LogP contribution in [0.3, 0.4) is 0 Å². The molecule has 3 nitrogen and oxygen atoms in total. The standard InChI is InChI=1S/C32H66O.C11H21NO/c1-3-5-7-9-11-13-15-17-19-21-23-25-27-29-31-33-32-30-28-26-24-22-20-18-16-14-12-10-8-6-4-2;1-3-4-5-6-7-8-9-10(2)11(12)13/h3-32H2,1-2H3;2-9H2,1H3,(H2,12,13). The summed E-state index contributed by atoms with van der Waals surface area (Å²) in [5.41, 5.74) is 5.63. The minimum atomic E-state index is -0.353. The van der Waals surface area contributed by atoms with Crippen molar-refractivity contribution in [2.24, 2.45) is 5.73 Å². The normalized spacial score (nSPS) is 11.0. The molecule has 0 unspecified atom stereocenters. The van der Waals surface area contributed by atoms with E-state index in [9.17, 15) is 4.79 Å². The van der Waals surface area contributed by atoms with Gasteiger partial charge in [-0.15, -0.1) is 0 Å². The maximum atomic E-state index is 10.6. The van der Waals surface area contributed by atoms with Gasteiger partial charge in [-0.2, -0.15) is 0 Å². The molecule has 276 valence electrons. The maximum Gasteiger partial charge on any atom is 0.244 e. The van der Waals surface area contributed by atoms with Crippen molar-refractivity contribution >= 4 is 5.91 Å². The summed E-state index contributed by atoms with van der Waals surface area (Å²) < 4.78 is 5.85. The van der Waals surface area contributed by atoms with Gasteiger partial charge in [-0.25, -0.2) is 0 Å². The predicted octanol–water partition coefficient (Wildman–Crippen LogP) is 14.7. The molecule has 0 saturated heterocycles. The SMILES string of the molecule is C=C(CCCCCCCC)C(N)=O.CCCCCCCCCCCCCCCCOCCCCCCCCCCCCCCCC. The molecule has 0 heterocycles. The minimum Gasteiger partial charge on any atom is -0.381 e. The molecule has 0 fully saturated rings. The summed E-state index contributed by atoms with van der Waals surface area (Å²) in [5.74, 6) is -0.353. The number of carbonyl (C=O) groups excluding carboxylic acids is 1. The number of carbonyl (C=O) groups is 1. The van der Waals surface area contributed by atoms with Crippen LogP contribution in [0.4, 0.5) is 0 Å². The van der Waals surface area contributed by atoms with Gasteiger partial charge in [0.2, 0.25) is 5.91 Å². The number of ether oxygens (including phenoxy) is 1. The number of amides is 1. The van der Waals surface area contributed by atoms with Gasteiger partial charge in [0.15, 0.2) is 0 Å². The van der Waals surface area contributed by atoms with Crippen LogP contribution in [0.25, 0.3) is 0 Å². The highest BCUT2D eigenvalue weighted by Crippen LogP contribution is 2.15. The molecule has 0 aliphatic carbocycles. The molecular formula is C43H87NO2. The van der Waals surface area contributed by atoms with Crippen LogP contribution in [0, 0.1) is 0 Å². The van der Waals surface area contributed by atoms with Crippen molar-refractivity contribution in [3.05, 3.63) is 12.2 Å². The highest BCUT2D eigenvalue weighted by molar-refractivity contribution is 5.91. The fourth-order valence-electron chi connectivity index (χ4n) is 6.14. The first kappa shape index (κ1) is 47.3. The van der Waals surface area contributed by atoms with Crippen molar-refractivity contribution < 1.29 is 9.53 Å². The van der Waals surface area contributed by atoms with Crippen LogP contribution >= 0.6 is 0 Å². The summed E-state index contributed by atoms with van der Waals surface area (Å²) in [7, 11) is 0. The average molecular weight is 650 g/mol. The van der Waals surface area contributed by atoms with Crippen LogP contribution in [0.1, 0.15) is 245 Å². The molecule has 0 aromatic rings. The van der Waals surface area contributed by atoms with Crippen LogP contribution in [0.5, 0.6) is 0 Å². The van der Waals surface area contributed by atoms with E-state index >= 15 is 0 Å². The summed E-state index contributed by atoms with van der Waals surface area (Å²) in [6, 6.07) is 0. The second-order valence-corrected chi connectivity index (χ2v) is 14.3. The first-order chi connectivity index (χ1) is 22.6. The largest absolute Gasteiger partial charge is 0.381 e. The lowest BCUT2D eigenvalue weighted by molar-refractivity contribution is -0.114. The van der Waals surface area contributed by atoms with Crippen LogP contribution in [0.2, 0.25) is 0 Å². The quantitative estimate of drug-likeness (QED) is 0.0534. The number of rotatable bonds is 38. The van der Waals surface area contributed by atoms with E-state index in [4.69, 9.17) is 10.5 Å². The molecule has 0 bridgehead atoms. The summed E-state index contributed by atoms with van der Waals surface area (Å²) in [6.45, 7) is 12.4. The van der Waals surface area contributed by atoms with Crippen molar-refractivity contribution in [2.75, 3.05) is 13.2 Å². The first-order valence-electron chi connectivity index (χ1n) is 21.1. The fraction of sp³-hybridized carbons (Fsp3) is 0.930. The Morgan fingerprint density at radius 2 is 0.609 bits per heavy atom. The molecule has 0 rings (SSSR count). The molecule has 3 heteroatoms. The Hall–Kier alpha value is -0.830. The molecule has 0 aromatic heterocycles. The number of primary amides is 1. The van der Waals surface area contributed by atoms with E-state index in [-0.39, 0.29) is 5.91 Å². The highest BCUT2D eigenvalue weighted by atomic mass is 16.5.